The Labute approximate surface area is 168 Å². The fraction of sp³-hybridized carbons (Fsp3) is 0.667. The van der Waals surface area contributed by atoms with Crippen LogP contribution >= 0.6 is 0 Å². The van der Waals surface area contributed by atoms with Gasteiger partial charge in [0.2, 0.25) is 15.9 Å². The van der Waals surface area contributed by atoms with E-state index in [0.29, 0.717) is 12.3 Å². The Hall–Kier alpha value is -1.60. The molecule has 0 bridgehead atoms. The van der Waals surface area contributed by atoms with E-state index in [4.69, 9.17) is 4.74 Å². The molecule has 6 nitrogen and oxygen atoms in total. The molecule has 1 aliphatic heterocycles. The molecule has 1 saturated heterocycles. The summed E-state index contributed by atoms with van der Waals surface area (Å²) < 4.78 is 33.0. The first-order valence-corrected chi connectivity index (χ1v) is 11.9. The van der Waals surface area contributed by atoms with Crippen molar-refractivity contribution in [3.8, 4) is 5.75 Å². The maximum absolute atomic E-state index is 13.2. The van der Waals surface area contributed by atoms with Crippen LogP contribution in [0, 0.1) is 0 Å². The molecule has 1 aromatic rings. The standard InChI is InChI=1S/C21H32N2O4S/c1-27-19-11-13-20(14-12-19)28(25,26)23-15-7-6-10-18(23)16-21(24)22-17-8-4-2-3-5-9-17/h11-14,17-18H,2-10,15-16H2,1H3,(H,22,24). The van der Waals surface area contributed by atoms with E-state index in [9.17, 15) is 13.2 Å². The third-order valence-corrected chi connectivity index (χ3v) is 7.85. The second-order valence-corrected chi connectivity index (χ2v) is 9.79. The van der Waals surface area contributed by atoms with Gasteiger partial charge in [0.25, 0.3) is 0 Å². The lowest BCUT2D eigenvalue weighted by Gasteiger charge is -2.34. The number of ether oxygens (including phenoxy) is 1. The van der Waals surface area contributed by atoms with E-state index in [1.54, 1.807) is 31.4 Å². The third kappa shape index (κ3) is 5.26. The van der Waals surface area contributed by atoms with Gasteiger partial charge in [0.15, 0.2) is 0 Å². The molecule has 1 amide bonds. The van der Waals surface area contributed by atoms with Gasteiger partial charge in [-0.2, -0.15) is 4.31 Å². The van der Waals surface area contributed by atoms with Gasteiger partial charge >= 0.3 is 0 Å². The van der Waals surface area contributed by atoms with Gasteiger partial charge in [0.05, 0.1) is 12.0 Å². The zero-order chi connectivity index (χ0) is 20.0. The zero-order valence-corrected chi connectivity index (χ0v) is 17.5. The number of nitrogens with one attached hydrogen (secondary N) is 1. The molecule has 3 rings (SSSR count). The maximum Gasteiger partial charge on any atom is 0.243 e. The van der Waals surface area contributed by atoms with Crippen molar-refractivity contribution in [2.24, 2.45) is 0 Å². The predicted octanol–water partition coefficient (Wildman–Crippen LogP) is 3.47. The summed E-state index contributed by atoms with van der Waals surface area (Å²) in [5.41, 5.74) is 0. The largest absolute Gasteiger partial charge is 0.497 e. The first-order valence-electron chi connectivity index (χ1n) is 10.5. The zero-order valence-electron chi connectivity index (χ0n) is 16.7. The van der Waals surface area contributed by atoms with E-state index in [-0.39, 0.29) is 29.3 Å². The minimum absolute atomic E-state index is 0.0197. The number of carbonyl (C=O) groups is 1. The van der Waals surface area contributed by atoms with Crippen molar-refractivity contribution in [3.05, 3.63) is 24.3 Å². The highest BCUT2D eigenvalue weighted by Gasteiger charge is 2.35. The molecule has 1 saturated carbocycles. The van der Waals surface area contributed by atoms with Crippen LogP contribution in [0.15, 0.2) is 29.2 Å². The van der Waals surface area contributed by atoms with Gasteiger partial charge in [-0.25, -0.2) is 8.42 Å². The van der Waals surface area contributed by atoms with Gasteiger partial charge in [-0.3, -0.25) is 4.79 Å². The number of hydrogen-bond donors (Lipinski definition) is 1. The maximum atomic E-state index is 13.2. The highest BCUT2D eigenvalue weighted by Crippen LogP contribution is 2.28. The monoisotopic (exact) mass is 408 g/mol. The van der Waals surface area contributed by atoms with Gasteiger partial charge in [-0.05, 0) is 49.9 Å². The Kier molecular flexibility index (Phi) is 7.35. The van der Waals surface area contributed by atoms with Crippen LogP contribution in [-0.4, -0.2) is 44.4 Å². The molecule has 0 radical (unpaired) electrons. The second-order valence-electron chi connectivity index (χ2n) is 7.90. The number of benzene rings is 1. The van der Waals surface area contributed by atoms with E-state index < -0.39 is 10.0 Å². The molecule has 1 unspecified atom stereocenters. The minimum Gasteiger partial charge on any atom is -0.497 e. The van der Waals surface area contributed by atoms with Crippen molar-refractivity contribution in [1.82, 2.24) is 9.62 Å². The van der Waals surface area contributed by atoms with Crippen LogP contribution in [0.1, 0.15) is 64.2 Å². The van der Waals surface area contributed by atoms with E-state index in [1.807, 2.05) is 0 Å². The molecule has 156 valence electrons. The van der Waals surface area contributed by atoms with Gasteiger partial charge in [0.1, 0.15) is 5.75 Å². The molecule has 1 N–H and O–H groups in total. The smallest absolute Gasteiger partial charge is 0.243 e. The van der Waals surface area contributed by atoms with Crippen LogP contribution in [0.3, 0.4) is 0 Å². The van der Waals surface area contributed by atoms with Gasteiger partial charge in [-0.1, -0.05) is 32.1 Å². The van der Waals surface area contributed by atoms with Gasteiger partial charge in [-0.15, -0.1) is 0 Å². The van der Waals surface area contributed by atoms with Crippen molar-refractivity contribution >= 4 is 15.9 Å². The molecule has 1 heterocycles. The first kappa shape index (κ1) is 21.1. The van der Waals surface area contributed by atoms with Crippen LogP contribution in [0.25, 0.3) is 0 Å². The third-order valence-electron chi connectivity index (χ3n) is 5.88. The summed E-state index contributed by atoms with van der Waals surface area (Å²) in [4.78, 5) is 12.9. The Morgan fingerprint density at radius 2 is 1.68 bits per heavy atom. The Bertz CT molecular complexity index is 740. The van der Waals surface area contributed by atoms with Crippen LogP contribution in [0.4, 0.5) is 0 Å². The molecule has 1 aromatic carbocycles. The summed E-state index contributed by atoms with van der Waals surface area (Å²) >= 11 is 0. The van der Waals surface area contributed by atoms with E-state index in [2.05, 4.69) is 5.32 Å². The number of nitrogens with zero attached hydrogens (tertiary/aromatic N) is 1. The summed E-state index contributed by atoms with van der Waals surface area (Å²) in [6, 6.07) is 6.43. The lowest BCUT2D eigenvalue weighted by molar-refractivity contribution is -0.122. The van der Waals surface area contributed by atoms with Crippen molar-refractivity contribution < 1.29 is 17.9 Å². The van der Waals surface area contributed by atoms with E-state index in [1.165, 1.54) is 17.1 Å². The molecule has 7 heteroatoms. The van der Waals surface area contributed by atoms with Crippen molar-refractivity contribution in [2.45, 2.75) is 81.2 Å². The van der Waals surface area contributed by atoms with Crippen LogP contribution in [-0.2, 0) is 14.8 Å². The summed E-state index contributed by atoms with van der Waals surface area (Å²) in [6.45, 7) is 0.468. The summed E-state index contributed by atoms with van der Waals surface area (Å²) in [7, 11) is -2.07. The molecular formula is C21H32N2O4S. The summed E-state index contributed by atoms with van der Waals surface area (Å²) in [6.07, 6.45) is 9.62. The van der Waals surface area contributed by atoms with E-state index >= 15 is 0 Å². The first-order chi connectivity index (χ1) is 13.5. The van der Waals surface area contributed by atoms with Crippen molar-refractivity contribution in [3.63, 3.8) is 0 Å². The normalized spacial score (nSPS) is 22.4. The van der Waals surface area contributed by atoms with Crippen molar-refractivity contribution in [2.75, 3.05) is 13.7 Å². The molecule has 0 spiro atoms. The fourth-order valence-corrected chi connectivity index (χ4v) is 5.99. The van der Waals surface area contributed by atoms with Crippen LogP contribution in [0.2, 0.25) is 0 Å². The number of carbonyl (C=O) groups excluding carboxylic acids is 1. The van der Waals surface area contributed by atoms with Gasteiger partial charge < -0.3 is 10.1 Å². The summed E-state index contributed by atoms with van der Waals surface area (Å²) in [5.74, 6) is 0.602. The molecular weight excluding hydrogens is 376 g/mol. The second kappa shape index (κ2) is 9.74. The van der Waals surface area contributed by atoms with E-state index in [0.717, 1.165) is 44.9 Å². The molecule has 1 aliphatic carbocycles. The lowest BCUT2D eigenvalue weighted by atomic mass is 10.0. The number of amides is 1. The highest BCUT2D eigenvalue weighted by molar-refractivity contribution is 7.89. The molecule has 1 atom stereocenters. The Balaban J connectivity index is 1.67. The fourth-order valence-electron chi connectivity index (χ4n) is 4.30. The molecule has 0 aromatic heterocycles. The summed E-state index contributed by atoms with van der Waals surface area (Å²) in [5, 5.41) is 3.16. The average Bonchev–Trinajstić information content (AvgIpc) is 2.97. The molecule has 2 fully saturated rings. The SMILES string of the molecule is COc1ccc(S(=O)(=O)N2CCCCC2CC(=O)NC2CCCCCC2)cc1. The number of sulfonamides is 1. The molecule has 28 heavy (non-hydrogen) atoms. The number of hydrogen-bond acceptors (Lipinski definition) is 4. The predicted molar refractivity (Wildman–Crippen MR) is 109 cm³/mol. The number of rotatable bonds is 6. The topological polar surface area (TPSA) is 75.7 Å². The quantitative estimate of drug-likeness (QED) is 0.732. The average molecular weight is 409 g/mol. The highest BCUT2D eigenvalue weighted by atomic mass is 32.2. The van der Waals surface area contributed by atoms with Crippen LogP contribution < -0.4 is 10.1 Å². The number of piperidine rings is 1. The Morgan fingerprint density at radius 1 is 1.04 bits per heavy atom. The van der Waals surface area contributed by atoms with Crippen LogP contribution in [0.5, 0.6) is 5.75 Å². The number of methoxy groups -OCH3 is 1. The lowest BCUT2D eigenvalue weighted by Crippen LogP contribution is -2.47. The minimum atomic E-state index is -3.62. The Morgan fingerprint density at radius 3 is 2.32 bits per heavy atom. The van der Waals surface area contributed by atoms with Crippen molar-refractivity contribution in [1.29, 1.82) is 0 Å². The molecule has 2 aliphatic rings. The van der Waals surface area contributed by atoms with Gasteiger partial charge in [0, 0.05) is 25.0 Å².